The van der Waals surface area contributed by atoms with Crippen LogP contribution >= 0.6 is 0 Å². The number of aromatic nitrogens is 4. The van der Waals surface area contributed by atoms with E-state index in [0.717, 1.165) is 49.9 Å². The second-order valence-corrected chi connectivity index (χ2v) is 7.83. The largest absolute Gasteiger partial charge is 0.368 e. The summed E-state index contributed by atoms with van der Waals surface area (Å²) in [4.78, 5) is 24.7. The lowest BCUT2D eigenvalue weighted by molar-refractivity contribution is -0.131. The predicted octanol–water partition coefficient (Wildman–Crippen LogP) is 1.82. The van der Waals surface area contributed by atoms with Crippen LogP contribution in [0.4, 0.5) is 0 Å². The number of nitrogens with zero attached hydrogens (tertiary/aromatic N) is 4. The van der Waals surface area contributed by atoms with Gasteiger partial charge in [0.15, 0.2) is 5.82 Å². The molecule has 1 amide bonds. The minimum Gasteiger partial charge on any atom is -0.368 e. The number of rotatable bonds is 4. The zero-order chi connectivity index (χ0) is 19.7. The summed E-state index contributed by atoms with van der Waals surface area (Å²) in [5, 5.41) is 12.2. The Hall–Kier alpha value is -2.48. The normalized spacial score (nSPS) is 25.0. The van der Waals surface area contributed by atoms with Crippen molar-refractivity contribution in [3.8, 4) is 5.82 Å². The zero-order valence-corrected chi connectivity index (χ0v) is 16.4. The van der Waals surface area contributed by atoms with Gasteiger partial charge in [-0.2, -0.15) is 5.10 Å². The molecular formula is C20H27N5O3. The highest BCUT2D eigenvalue weighted by Crippen LogP contribution is 2.27. The highest BCUT2D eigenvalue weighted by molar-refractivity contribution is 5.81. The summed E-state index contributed by atoms with van der Waals surface area (Å²) in [6.45, 7) is 4.58. The standard InChI is InChI=1S/C20H27N5O3/c1-13-12-14(2)24(22-13)18-9-10-19(26)25(23-18)16-7-5-15(6-8-16)21-20(27)17-4-3-11-28-17/h9-10,12,15-17H,3-8,11H2,1-2H3,(H,21,27). The van der Waals surface area contributed by atoms with Crippen molar-refractivity contribution in [3.05, 3.63) is 39.9 Å². The van der Waals surface area contributed by atoms with Crippen molar-refractivity contribution in [2.75, 3.05) is 6.61 Å². The first-order valence-electron chi connectivity index (χ1n) is 10.1. The first kappa shape index (κ1) is 18.9. The van der Waals surface area contributed by atoms with Crippen LogP contribution in [0.15, 0.2) is 23.0 Å². The van der Waals surface area contributed by atoms with Crippen LogP contribution in [-0.4, -0.2) is 44.2 Å². The highest BCUT2D eigenvalue weighted by Gasteiger charge is 2.29. The van der Waals surface area contributed by atoms with Crippen LogP contribution in [0.3, 0.4) is 0 Å². The molecule has 1 saturated heterocycles. The first-order chi connectivity index (χ1) is 13.5. The number of carbonyl (C=O) groups is 1. The summed E-state index contributed by atoms with van der Waals surface area (Å²) < 4.78 is 8.80. The maximum absolute atomic E-state index is 12.4. The van der Waals surface area contributed by atoms with Crippen molar-refractivity contribution in [2.24, 2.45) is 0 Å². The molecule has 1 aliphatic heterocycles. The minimum absolute atomic E-state index is 0.00256. The summed E-state index contributed by atoms with van der Waals surface area (Å²) in [5.41, 5.74) is 1.80. The van der Waals surface area contributed by atoms with Gasteiger partial charge in [0, 0.05) is 24.4 Å². The van der Waals surface area contributed by atoms with E-state index in [-0.39, 0.29) is 29.7 Å². The molecule has 3 heterocycles. The number of hydrogen-bond acceptors (Lipinski definition) is 5. The van der Waals surface area contributed by atoms with Gasteiger partial charge in [0.1, 0.15) is 6.10 Å². The summed E-state index contributed by atoms with van der Waals surface area (Å²) in [5.74, 6) is 0.654. The van der Waals surface area contributed by atoms with E-state index in [1.807, 2.05) is 19.9 Å². The fourth-order valence-electron chi connectivity index (χ4n) is 4.19. The summed E-state index contributed by atoms with van der Waals surface area (Å²) >= 11 is 0. The van der Waals surface area contributed by atoms with Crippen molar-refractivity contribution < 1.29 is 9.53 Å². The van der Waals surface area contributed by atoms with Crippen LogP contribution in [0.1, 0.15) is 56.0 Å². The quantitative estimate of drug-likeness (QED) is 0.867. The van der Waals surface area contributed by atoms with E-state index in [1.54, 1.807) is 21.5 Å². The molecule has 1 saturated carbocycles. The zero-order valence-electron chi connectivity index (χ0n) is 16.4. The molecule has 1 N–H and O–H groups in total. The first-order valence-corrected chi connectivity index (χ1v) is 10.1. The maximum Gasteiger partial charge on any atom is 0.267 e. The SMILES string of the molecule is Cc1cc(C)n(-c2ccc(=O)n(C3CCC(NC(=O)C4CCCO4)CC3)n2)n1. The molecule has 0 bridgehead atoms. The van der Waals surface area contributed by atoms with E-state index in [1.165, 1.54) is 0 Å². The number of ether oxygens (including phenoxy) is 1. The summed E-state index contributed by atoms with van der Waals surface area (Å²) in [6.07, 6.45) is 4.75. The van der Waals surface area contributed by atoms with Gasteiger partial charge in [-0.1, -0.05) is 0 Å². The molecule has 2 aromatic heterocycles. The van der Waals surface area contributed by atoms with Gasteiger partial charge in [0.05, 0.1) is 11.7 Å². The van der Waals surface area contributed by atoms with Crippen molar-refractivity contribution in [1.29, 1.82) is 0 Å². The van der Waals surface area contributed by atoms with Gasteiger partial charge in [-0.05, 0) is 64.5 Å². The van der Waals surface area contributed by atoms with Crippen molar-refractivity contribution in [2.45, 2.75) is 70.6 Å². The molecule has 2 fully saturated rings. The molecule has 150 valence electrons. The molecule has 4 rings (SSSR count). The number of nitrogens with one attached hydrogen (secondary N) is 1. The monoisotopic (exact) mass is 385 g/mol. The van der Waals surface area contributed by atoms with E-state index in [2.05, 4.69) is 15.5 Å². The molecule has 28 heavy (non-hydrogen) atoms. The molecule has 0 spiro atoms. The minimum atomic E-state index is -0.292. The van der Waals surface area contributed by atoms with E-state index in [9.17, 15) is 9.59 Å². The average Bonchev–Trinajstić information content (AvgIpc) is 3.33. The van der Waals surface area contributed by atoms with Crippen LogP contribution in [0.2, 0.25) is 0 Å². The molecule has 8 nitrogen and oxygen atoms in total. The number of amides is 1. The maximum atomic E-state index is 12.4. The Labute approximate surface area is 163 Å². The Kier molecular flexibility index (Phi) is 5.30. The Morgan fingerprint density at radius 1 is 1.14 bits per heavy atom. The van der Waals surface area contributed by atoms with Gasteiger partial charge in [-0.25, -0.2) is 9.36 Å². The summed E-state index contributed by atoms with van der Waals surface area (Å²) in [7, 11) is 0. The van der Waals surface area contributed by atoms with E-state index >= 15 is 0 Å². The van der Waals surface area contributed by atoms with Gasteiger partial charge < -0.3 is 10.1 Å². The van der Waals surface area contributed by atoms with Crippen LogP contribution in [0.5, 0.6) is 0 Å². The molecule has 2 aromatic rings. The fraction of sp³-hybridized carbons (Fsp3) is 0.600. The van der Waals surface area contributed by atoms with Crippen molar-refractivity contribution in [1.82, 2.24) is 24.9 Å². The van der Waals surface area contributed by atoms with Gasteiger partial charge in [0.25, 0.3) is 5.56 Å². The number of carbonyl (C=O) groups excluding carboxylic acids is 1. The second kappa shape index (κ2) is 7.87. The molecular weight excluding hydrogens is 358 g/mol. The lowest BCUT2D eigenvalue weighted by Gasteiger charge is -2.30. The Balaban J connectivity index is 1.43. The highest BCUT2D eigenvalue weighted by atomic mass is 16.5. The van der Waals surface area contributed by atoms with E-state index < -0.39 is 0 Å². The van der Waals surface area contributed by atoms with Crippen LogP contribution in [0.25, 0.3) is 5.82 Å². The molecule has 1 aliphatic carbocycles. The Morgan fingerprint density at radius 2 is 1.93 bits per heavy atom. The Morgan fingerprint density at radius 3 is 2.57 bits per heavy atom. The average molecular weight is 385 g/mol. The number of aryl methyl sites for hydroxylation is 2. The lowest BCUT2D eigenvalue weighted by atomic mass is 9.91. The lowest BCUT2D eigenvalue weighted by Crippen LogP contribution is -2.43. The molecule has 1 unspecified atom stereocenters. The van der Waals surface area contributed by atoms with E-state index in [4.69, 9.17) is 4.74 Å². The van der Waals surface area contributed by atoms with Gasteiger partial charge >= 0.3 is 0 Å². The van der Waals surface area contributed by atoms with Gasteiger partial charge in [0.2, 0.25) is 5.91 Å². The second-order valence-electron chi connectivity index (χ2n) is 7.83. The molecule has 1 atom stereocenters. The predicted molar refractivity (Wildman–Crippen MR) is 104 cm³/mol. The fourth-order valence-corrected chi connectivity index (χ4v) is 4.19. The van der Waals surface area contributed by atoms with Crippen molar-refractivity contribution >= 4 is 5.91 Å². The third-order valence-corrected chi connectivity index (χ3v) is 5.65. The van der Waals surface area contributed by atoms with Crippen LogP contribution in [-0.2, 0) is 9.53 Å². The molecule has 0 radical (unpaired) electrons. The third kappa shape index (κ3) is 3.87. The molecule has 8 heteroatoms. The van der Waals surface area contributed by atoms with E-state index in [0.29, 0.717) is 12.4 Å². The van der Waals surface area contributed by atoms with Crippen LogP contribution < -0.4 is 10.9 Å². The van der Waals surface area contributed by atoms with Gasteiger partial charge in [-0.15, -0.1) is 5.10 Å². The molecule has 0 aromatic carbocycles. The Bertz CT molecular complexity index is 905. The smallest absolute Gasteiger partial charge is 0.267 e. The van der Waals surface area contributed by atoms with Crippen LogP contribution in [0, 0.1) is 13.8 Å². The van der Waals surface area contributed by atoms with Crippen molar-refractivity contribution in [3.63, 3.8) is 0 Å². The third-order valence-electron chi connectivity index (χ3n) is 5.65. The van der Waals surface area contributed by atoms with Gasteiger partial charge in [-0.3, -0.25) is 9.59 Å². The topological polar surface area (TPSA) is 91.0 Å². The number of hydrogen-bond donors (Lipinski definition) is 1. The molecule has 2 aliphatic rings. The summed E-state index contributed by atoms with van der Waals surface area (Å²) in [6, 6.07) is 5.44.